The maximum atomic E-state index is 12.1. The zero-order valence-electron chi connectivity index (χ0n) is 18.5. The smallest absolute Gasteiger partial charge is 0.367 e. The summed E-state index contributed by atoms with van der Waals surface area (Å²) in [5, 5.41) is 6.67. The third kappa shape index (κ3) is 11.4. The van der Waals surface area contributed by atoms with Gasteiger partial charge in [-0.3, -0.25) is 4.90 Å². The molecule has 1 atom stereocenters. The maximum absolute atomic E-state index is 12.1. The van der Waals surface area contributed by atoms with Crippen LogP contribution in [0.25, 0.3) is 0 Å². The second-order valence-corrected chi connectivity index (χ2v) is 7.69. The molecule has 0 saturated carbocycles. The third-order valence-corrected chi connectivity index (χ3v) is 5.05. The molecule has 0 radical (unpaired) electrons. The molecule has 1 unspecified atom stereocenters. The molecule has 0 aromatic heterocycles. The van der Waals surface area contributed by atoms with E-state index in [9.17, 15) is 13.2 Å². The molecule has 0 bridgehead atoms. The Morgan fingerprint density at radius 1 is 1.10 bits per heavy atom. The van der Waals surface area contributed by atoms with Gasteiger partial charge in [-0.25, -0.2) is 4.99 Å². The van der Waals surface area contributed by atoms with Gasteiger partial charge < -0.3 is 20.3 Å². The van der Waals surface area contributed by atoms with Gasteiger partial charge in [0.2, 0.25) is 0 Å². The Morgan fingerprint density at radius 2 is 1.71 bits per heavy atom. The molecule has 178 valence electrons. The molecule has 1 aromatic rings. The van der Waals surface area contributed by atoms with Crippen molar-refractivity contribution in [2.45, 2.75) is 39.2 Å². The van der Waals surface area contributed by atoms with Crippen molar-refractivity contribution in [1.82, 2.24) is 20.4 Å². The highest BCUT2D eigenvalue weighted by atomic mass is 127. The fraction of sp³-hybridized carbons (Fsp3) is 0.667. The molecule has 1 aliphatic rings. The molecule has 2 N–H and O–H groups in total. The van der Waals surface area contributed by atoms with Crippen molar-refractivity contribution < 1.29 is 17.9 Å². The number of piperazine rings is 1. The monoisotopic (exact) mass is 557 g/mol. The lowest BCUT2D eigenvalue weighted by atomic mass is 10.1. The van der Waals surface area contributed by atoms with E-state index in [4.69, 9.17) is 0 Å². The Labute approximate surface area is 200 Å². The molecule has 10 heteroatoms. The first-order valence-corrected chi connectivity index (χ1v) is 10.4. The van der Waals surface area contributed by atoms with Crippen LogP contribution >= 0.6 is 24.0 Å². The Morgan fingerprint density at radius 3 is 2.29 bits per heavy atom. The van der Waals surface area contributed by atoms with Crippen molar-refractivity contribution in [3.63, 3.8) is 0 Å². The van der Waals surface area contributed by atoms with Crippen LogP contribution in [0.2, 0.25) is 0 Å². The van der Waals surface area contributed by atoms with Crippen molar-refractivity contribution >= 4 is 29.9 Å². The van der Waals surface area contributed by atoms with E-state index in [1.54, 1.807) is 12.1 Å². The van der Waals surface area contributed by atoms with Crippen LogP contribution in [0.4, 0.5) is 13.2 Å². The van der Waals surface area contributed by atoms with Crippen molar-refractivity contribution in [3.05, 3.63) is 35.4 Å². The normalized spacial score (nSPS) is 17.2. The number of benzene rings is 1. The minimum absolute atomic E-state index is 0. The van der Waals surface area contributed by atoms with Gasteiger partial charge in [0.1, 0.15) is 6.61 Å². The number of likely N-dealkylation sites (N-methyl/N-ethyl adjacent to an activating group) is 1. The standard InChI is InChI=1S/C21H34F3N5O.HI/c1-4-25-20(26-13-17(2)29-11-9-28(3)10-12-29)27-14-18-5-7-19(8-6-18)15-30-16-21(22,23)24;/h5-8,17H,4,9-16H2,1-3H3,(H2,25,26,27);1H. The predicted octanol–water partition coefficient (Wildman–Crippen LogP) is 3.07. The van der Waals surface area contributed by atoms with Crippen molar-refractivity contribution in [2.24, 2.45) is 4.99 Å². The fourth-order valence-corrected chi connectivity index (χ4v) is 3.17. The Hall–Kier alpha value is -1.11. The van der Waals surface area contributed by atoms with Crippen LogP contribution in [-0.2, 0) is 17.9 Å². The molecule has 1 aromatic carbocycles. The van der Waals surface area contributed by atoms with Crippen LogP contribution in [0.3, 0.4) is 0 Å². The van der Waals surface area contributed by atoms with Crippen LogP contribution in [0.1, 0.15) is 25.0 Å². The molecule has 0 spiro atoms. The van der Waals surface area contributed by atoms with E-state index in [-0.39, 0.29) is 30.6 Å². The molecule has 0 amide bonds. The molecule has 31 heavy (non-hydrogen) atoms. The molecule has 2 rings (SSSR count). The topological polar surface area (TPSA) is 52.1 Å². The van der Waals surface area contributed by atoms with Gasteiger partial charge in [0, 0.05) is 45.3 Å². The predicted molar refractivity (Wildman–Crippen MR) is 129 cm³/mol. The summed E-state index contributed by atoms with van der Waals surface area (Å²) in [4.78, 5) is 9.45. The summed E-state index contributed by atoms with van der Waals surface area (Å²) in [5.41, 5.74) is 1.69. The summed E-state index contributed by atoms with van der Waals surface area (Å²) in [6.07, 6.45) is -4.30. The quantitative estimate of drug-likeness (QED) is 0.278. The van der Waals surface area contributed by atoms with Crippen LogP contribution in [-0.4, -0.2) is 80.9 Å². The van der Waals surface area contributed by atoms with Crippen LogP contribution in [0, 0.1) is 0 Å². The summed E-state index contributed by atoms with van der Waals surface area (Å²) in [6.45, 7) is 9.36. The average molecular weight is 557 g/mol. The summed E-state index contributed by atoms with van der Waals surface area (Å²) < 4.78 is 41.1. The number of alkyl halides is 3. The summed E-state index contributed by atoms with van der Waals surface area (Å²) >= 11 is 0. The lowest BCUT2D eigenvalue weighted by Crippen LogP contribution is -2.52. The number of hydrogen-bond donors (Lipinski definition) is 2. The Bertz CT molecular complexity index is 649. The number of aliphatic imine (C=N–C) groups is 1. The number of hydrogen-bond acceptors (Lipinski definition) is 4. The Kier molecular flexibility index (Phi) is 12.7. The number of rotatable bonds is 9. The average Bonchev–Trinajstić information content (AvgIpc) is 2.70. The molecule has 0 aliphatic carbocycles. The van der Waals surface area contributed by atoms with E-state index >= 15 is 0 Å². The minimum atomic E-state index is -4.30. The third-order valence-electron chi connectivity index (χ3n) is 5.05. The van der Waals surface area contributed by atoms with E-state index in [1.165, 1.54) is 0 Å². The highest BCUT2D eigenvalue weighted by Crippen LogP contribution is 2.16. The van der Waals surface area contributed by atoms with Crippen LogP contribution < -0.4 is 10.6 Å². The van der Waals surface area contributed by atoms with Crippen molar-refractivity contribution in [2.75, 3.05) is 52.9 Å². The number of nitrogens with one attached hydrogen (secondary N) is 2. The van der Waals surface area contributed by atoms with E-state index in [2.05, 4.69) is 44.1 Å². The van der Waals surface area contributed by atoms with Gasteiger partial charge in [0.15, 0.2) is 5.96 Å². The van der Waals surface area contributed by atoms with E-state index < -0.39 is 12.8 Å². The first-order chi connectivity index (χ1) is 14.3. The number of halogens is 4. The molecule has 1 heterocycles. The zero-order valence-corrected chi connectivity index (χ0v) is 20.9. The van der Waals surface area contributed by atoms with Gasteiger partial charge in [-0.1, -0.05) is 24.3 Å². The first-order valence-electron chi connectivity index (χ1n) is 10.4. The summed E-state index contributed by atoms with van der Waals surface area (Å²) in [6, 6.07) is 7.70. The molecular weight excluding hydrogens is 522 g/mol. The number of guanidine groups is 1. The Balaban J connectivity index is 0.00000480. The molecule has 1 saturated heterocycles. The molecule has 6 nitrogen and oxygen atoms in total. The van der Waals surface area contributed by atoms with E-state index in [0.717, 1.165) is 50.8 Å². The summed E-state index contributed by atoms with van der Waals surface area (Å²) in [5.74, 6) is 0.760. The number of ether oxygens (including phenoxy) is 1. The van der Waals surface area contributed by atoms with Gasteiger partial charge in [0.25, 0.3) is 0 Å². The van der Waals surface area contributed by atoms with Gasteiger partial charge >= 0.3 is 6.18 Å². The fourth-order valence-electron chi connectivity index (χ4n) is 3.17. The highest BCUT2D eigenvalue weighted by molar-refractivity contribution is 14.0. The summed E-state index contributed by atoms with van der Waals surface area (Å²) in [7, 11) is 2.15. The lowest BCUT2D eigenvalue weighted by Gasteiger charge is -2.36. The second-order valence-electron chi connectivity index (χ2n) is 7.69. The van der Waals surface area contributed by atoms with Crippen molar-refractivity contribution in [3.8, 4) is 0 Å². The maximum Gasteiger partial charge on any atom is 0.411 e. The van der Waals surface area contributed by atoms with E-state index in [1.807, 2.05) is 19.1 Å². The van der Waals surface area contributed by atoms with E-state index in [0.29, 0.717) is 18.2 Å². The largest absolute Gasteiger partial charge is 0.411 e. The molecule has 1 fully saturated rings. The van der Waals surface area contributed by atoms with Crippen LogP contribution in [0.15, 0.2) is 29.3 Å². The van der Waals surface area contributed by atoms with Gasteiger partial charge in [-0.2, -0.15) is 13.2 Å². The van der Waals surface area contributed by atoms with Gasteiger partial charge in [-0.05, 0) is 32.0 Å². The second kappa shape index (κ2) is 14.1. The molecule has 1 aliphatic heterocycles. The van der Waals surface area contributed by atoms with Gasteiger partial charge in [-0.15, -0.1) is 24.0 Å². The van der Waals surface area contributed by atoms with Crippen molar-refractivity contribution in [1.29, 1.82) is 0 Å². The van der Waals surface area contributed by atoms with Gasteiger partial charge in [0.05, 0.1) is 13.2 Å². The number of nitrogens with zero attached hydrogens (tertiary/aromatic N) is 3. The first kappa shape index (κ1) is 27.9. The highest BCUT2D eigenvalue weighted by Gasteiger charge is 2.27. The minimum Gasteiger partial charge on any atom is -0.367 e. The van der Waals surface area contributed by atoms with Crippen LogP contribution in [0.5, 0.6) is 0 Å². The zero-order chi connectivity index (χ0) is 22.0. The SMILES string of the molecule is CCNC(=NCc1ccc(COCC(F)(F)F)cc1)NCC(C)N1CCN(C)CC1.I. The lowest BCUT2D eigenvalue weighted by molar-refractivity contribution is -0.176. The molecular formula is C21H35F3IN5O.